The number of pyridine rings is 1. The van der Waals surface area contributed by atoms with Crippen molar-refractivity contribution in [2.75, 3.05) is 6.54 Å². The van der Waals surface area contributed by atoms with Gasteiger partial charge in [0.1, 0.15) is 10.8 Å². The minimum absolute atomic E-state index is 0.121. The highest BCUT2D eigenvalue weighted by atomic mass is 32.2. The van der Waals surface area contributed by atoms with Gasteiger partial charge in [-0.1, -0.05) is 30.0 Å². The number of hydrogen-bond donors (Lipinski definition) is 2. The largest absolute Gasteiger partial charge is 0.467 e. The molecule has 7 heteroatoms. The Labute approximate surface area is 155 Å². The first-order valence-corrected chi connectivity index (χ1v) is 8.79. The average Bonchev–Trinajstić information content (AvgIpc) is 3.19. The number of carbonyl (C=O) groups excluding carboxylic acids is 2. The van der Waals surface area contributed by atoms with E-state index in [4.69, 9.17) is 4.42 Å². The van der Waals surface area contributed by atoms with Crippen LogP contribution in [-0.2, 0) is 11.3 Å². The fourth-order valence-corrected chi connectivity index (χ4v) is 3.06. The van der Waals surface area contributed by atoms with Crippen LogP contribution in [0.5, 0.6) is 0 Å². The summed E-state index contributed by atoms with van der Waals surface area (Å²) in [4.78, 5) is 29.6. The van der Waals surface area contributed by atoms with Crippen molar-refractivity contribution in [3.63, 3.8) is 0 Å². The Morgan fingerprint density at radius 2 is 1.85 bits per heavy atom. The Kier molecular flexibility index (Phi) is 6.05. The molecule has 0 aliphatic carbocycles. The van der Waals surface area contributed by atoms with Crippen molar-refractivity contribution in [2.45, 2.75) is 16.5 Å². The van der Waals surface area contributed by atoms with Crippen LogP contribution in [0.25, 0.3) is 0 Å². The van der Waals surface area contributed by atoms with Crippen molar-refractivity contribution in [3.05, 3.63) is 78.4 Å². The molecule has 3 rings (SSSR count). The molecule has 6 nitrogen and oxygen atoms in total. The lowest BCUT2D eigenvalue weighted by molar-refractivity contribution is -0.120. The van der Waals surface area contributed by atoms with Crippen LogP contribution in [0.4, 0.5) is 0 Å². The van der Waals surface area contributed by atoms with Crippen molar-refractivity contribution in [1.82, 2.24) is 15.6 Å². The Morgan fingerprint density at radius 1 is 1.00 bits per heavy atom. The molecule has 0 saturated carbocycles. The fraction of sp³-hybridized carbons (Fsp3) is 0.105. The molecule has 0 atom stereocenters. The van der Waals surface area contributed by atoms with Gasteiger partial charge < -0.3 is 15.1 Å². The second kappa shape index (κ2) is 8.87. The van der Waals surface area contributed by atoms with E-state index < -0.39 is 0 Å². The first-order valence-electron chi connectivity index (χ1n) is 7.97. The van der Waals surface area contributed by atoms with Crippen LogP contribution in [0.15, 0.2) is 81.4 Å². The monoisotopic (exact) mass is 367 g/mol. The van der Waals surface area contributed by atoms with Crippen molar-refractivity contribution in [3.8, 4) is 0 Å². The summed E-state index contributed by atoms with van der Waals surface area (Å²) in [6.07, 6.45) is 3.18. The topological polar surface area (TPSA) is 84.2 Å². The molecule has 0 unspecified atom stereocenters. The molecule has 0 aliphatic heterocycles. The van der Waals surface area contributed by atoms with E-state index in [1.54, 1.807) is 30.5 Å². The standard InChI is InChI=1S/C19H17N3O3S/c23-17(21-12-14-6-5-11-25-14)13-22-18(24)16-9-4-10-20-19(16)26-15-7-2-1-3-8-15/h1-11H,12-13H2,(H,21,23)(H,22,24). The SMILES string of the molecule is O=C(CNC(=O)c1cccnc1Sc1ccccc1)NCc1ccco1. The first kappa shape index (κ1) is 17.8. The summed E-state index contributed by atoms with van der Waals surface area (Å²) in [5.74, 6) is 0.0130. The third-order valence-corrected chi connectivity index (χ3v) is 4.45. The van der Waals surface area contributed by atoms with Crippen molar-refractivity contribution < 1.29 is 14.0 Å². The van der Waals surface area contributed by atoms with E-state index in [1.807, 2.05) is 30.3 Å². The van der Waals surface area contributed by atoms with Gasteiger partial charge in [-0.25, -0.2) is 4.98 Å². The predicted molar refractivity (Wildman–Crippen MR) is 97.7 cm³/mol. The van der Waals surface area contributed by atoms with Crippen LogP contribution in [0.1, 0.15) is 16.1 Å². The van der Waals surface area contributed by atoms with Gasteiger partial charge in [0.05, 0.1) is 24.9 Å². The van der Waals surface area contributed by atoms with Gasteiger partial charge in [0.2, 0.25) is 5.91 Å². The van der Waals surface area contributed by atoms with Gasteiger partial charge in [-0.05, 0) is 36.4 Å². The van der Waals surface area contributed by atoms with E-state index in [0.717, 1.165) is 4.90 Å². The molecule has 0 spiro atoms. The summed E-state index contributed by atoms with van der Waals surface area (Å²) in [7, 11) is 0. The molecule has 26 heavy (non-hydrogen) atoms. The highest BCUT2D eigenvalue weighted by molar-refractivity contribution is 7.99. The number of furan rings is 1. The van der Waals surface area contributed by atoms with Crippen LogP contribution in [-0.4, -0.2) is 23.3 Å². The molecule has 0 radical (unpaired) electrons. The number of aromatic nitrogens is 1. The number of benzene rings is 1. The normalized spacial score (nSPS) is 10.3. The van der Waals surface area contributed by atoms with Crippen molar-refractivity contribution in [1.29, 1.82) is 0 Å². The third kappa shape index (κ3) is 4.97. The summed E-state index contributed by atoms with van der Waals surface area (Å²) in [5.41, 5.74) is 0.431. The zero-order valence-electron chi connectivity index (χ0n) is 13.8. The zero-order valence-corrected chi connectivity index (χ0v) is 14.7. The van der Waals surface area contributed by atoms with E-state index in [2.05, 4.69) is 15.6 Å². The Balaban J connectivity index is 1.56. The van der Waals surface area contributed by atoms with E-state index in [-0.39, 0.29) is 24.9 Å². The maximum Gasteiger partial charge on any atom is 0.254 e. The van der Waals surface area contributed by atoms with Crippen molar-refractivity contribution >= 4 is 23.6 Å². The third-order valence-electron chi connectivity index (χ3n) is 3.42. The second-order valence-corrected chi connectivity index (χ2v) is 6.37. The number of nitrogens with zero attached hydrogens (tertiary/aromatic N) is 1. The van der Waals surface area contributed by atoms with Crippen molar-refractivity contribution in [2.24, 2.45) is 0 Å². The number of carbonyl (C=O) groups is 2. The summed E-state index contributed by atoms with van der Waals surface area (Å²) in [5, 5.41) is 5.89. The smallest absolute Gasteiger partial charge is 0.254 e. The molecule has 0 aliphatic rings. The average molecular weight is 367 g/mol. The summed E-state index contributed by atoms with van der Waals surface area (Å²) in [6.45, 7) is 0.160. The predicted octanol–water partition coefficient (Wildman–Crippen LogP) is 2.87. The molecule has 2 N–H and O–H groups in total. The molecule has 0 saturated heterocycles. The molecular weight excluding hydrogens is 350 g/mol. The summed E-state index contributed by atoms with van der Waals surface area (Å²) in [6, 6.07) is 16.6. The molecule has 132 valence electrons. The van der Waals surface area contributed by atoms with E-state index in [9.17, 15) is 9.59 Å². The van der Waals surface area contributed by atoms with Crippen LogP contribution in [0.3, 0.4) is 0 Å². The van der Waals surface area contributed by atoms with Gasteiger partial charge in [0.25, 0.3) is 5.91 Å². The number of hydrogen-bond acceptors (Lipinski definition) is 5. The molecule has 0 bridgehead atoms. The van der Waals surface area contributed by atoms with Crippen LogP contribution >= 0.6 is 11.8 Å². The Hall–Kier alpha value is -3.06. The molecule has 3 aromatic rings. The lowest BCUT2D eigenvalue weighted by atomic mass is 10.2. The van der Waals surface area contributed by atoms with Crippen LogP contribution < -0.4 is 10.6 Å². The molecular formula is C19H17N3O3S. The van der Waals surface area contributed by atoms with E-state index >= 15 is 0 Å². The highest BCUT2D eigenvalue weighted by Gasteiger charge is 2.14. The Morgan fingerprint density at radius 3 is 2.62 bits per heavy atom. The first-order chi connectivity index (χ1) is 12.7. The van der Waals surface area contributed by atoms with E-state index in [0.29, 0.717) is 16.3 Å². The minimum atomic E-state index is -0.343. The Bertz CT molecular complexity index is 867. The molecule has 2 amide bonds. The number of rotatable bonds is 7. The lowest BCUT2D eigenvalue weighted by Crippen LogP contribution is -2.36. The molecule has 2 heterocycles. The molecule has 2 aromatic heterocycles. The molecule has 0 fully saturated rings. The summed E-state index contributed by atoms with van der Waals surface area (Å²) < 4.78 is 5.14. The summed E-state index contributed by atoms with van der Waals surface area (Å²) >= 11 is 1.40. The highest BCUT2D eigenvalue weighted by Crippen LogP contribution is 2.28. The van der Waals surface area contributed by atoms with Crippen LogP contribution in [0, 0.1) is 0 Å². The van der Waals surface area contributed by atoms with Gasteiger partial charge in [0, 0.05) is 11.1 Å². The second-order valence-electron chi connectivity index (χ2n) is 5.31. The lowest BCUT2D eigenvalue weighted by Gasteiger charge is -2.09. The number of amides is 2. The van der Waals surface area contributed by atoms with Gasteiger partial charge in [-0.2, -0.15) is 0 Å². The number of nitrogens with one attached hydrogen (secondary N) is 2. The minimum Gasteiger partial charge on any atom is -0.467 e. The zero-order chi connectivity index (χ0) is 18.2. The molecule has 1 aromatic carbocycles. The maximum absolute atomic E-state index is 12.4. The quantitative estimate of drug-likeness (QED) is 0.671. The van der Waals surface area contributed by atoms with Gasteiger partial charge in [-0.3, -0.25) is 9.59 Å². The van der Waals surface area contributed by atoms with Gasteiger partial charge >= 0.3 is 0 Å². The van der Waals surface area contributed by atoms with E-state index in [1.165, 1.54) is 18.0 Å². The van der Waals surface area contributed by atoms with Gasteiger partial charge in [0.15, 0.2) is 0 Å². The van der Waals surface area contributed by atoms with Gasteiger partial charge in [-0.15, -0.1) is 0 Å². The maximum atomic E-state index is 12.4. The fourth-order valence-electron chi connectivity index (χ4n) is 2.16. The van der Waals surface area contributed by atoms with Crippen LogP contribution in [0.2, 0.25) is 0 Å².